The molecule has 3 saturated heterocycles. The van der Waals surface area contributed by atoms with Gasteiger partial charge in [0.15, 0.2) is 5.69 Å². The normalized spacial score (nSPS) is 28.9. The summed E-state index contributed by atoms with van der Waals surface area (Å²) in [5.74, 6) is -0.395. The Morgan fingerprint density at radius 2 is 1.90 bits per heavy atom. The summed E-state index contributed by atoms with van der Waals surface area (Å²) in [6, 6.07) is 0.918. The summed E-state index contributed by atoms with van der Waals surface area (Å²) in [7, 11) is 1.50. The number of rotatable bonds is 4. The molecule has 1 aromatic rings. The number of likely N-dealkylation sites (tertiary alicyclic amines) is 2. The fraction of sp³-hybridized carbons (Fsp3) is 0.667. The Hall–Kier alpha value is -2.70. The molecule has 4 heterocycles. The van der Waals surface area contributed by atoms with E-state index in [0.717, 1.165) is 25.8 Å². The average Bonchev–Trinajstić information content (AvgIpc) is 3.56. The van der Waals surface area contributed by atoms with E-state index in [1.54, 1.807) is 4.90 Å². The maximum absolute atomic E-state index is 14.2. The molecule has 1 aromatic heterocycles. The van der Waals surface area contributed by atoms with E-state index in [1.165, 1.54) is 30.1 Å². The molecule has 3 fully saturated rings. The van der Waals surface area contributed by atoms with Gasteiger partial charge in [-0.25, -0.2) is 4.79 Å². The van der Waals surface area contributed by atoms with Gasteiger partial charge in [0.25, 0.3) is 5.91 Å². The minimum Gasteiger partial charge on any atom is -0.379 e. The third-order valence-electron chi connectivity index (χ3n) is 8.55. The lowest BCUT2D eigenvalue weighted by molar-refractivity contribution is -0.0914. The van der Waals surface area contributed by atoms with E-state index in [9.17, 15) is 22.8 Å². The molecule has 3 aliphatic heterocycles. The number of ether oxygens (including phenoxy) is 1. The largest absolute Gasteiger partial charge is 0.416 e. The van der Waals surface area contributed by atoms with E-state index in [0.29, 0.717) is 51.5 Å². The number of halogens is 3. The maximum Gasteiger partial charge on any atom is 0.416 e. The Bertz CT molecular complexity index is 1140. The first-order valence-corrected chi connectivity index (χ1v) is 13.7. The third-order valence-corrected chi connectivity index (χ3v) is 8.55. The van der Waals surface area contributed by atoms with Crippen molar-refractivity contribution in [3.8, 4) is 0 Å². The van der Waals surface area contributed by atoms with E-state index >= 15 is 0 Å². The molecule has 1 aliphatic carbocycles. The molecule has 1 spiro atoms. The molecule has 214 valence electrons. The molecular formula is C27H37F3N6O3. The van der Waals surface area contributed by atoms with Crippen LogP contribution in [0.4, 0.5) is 18.0 Å². The average molecular weight is 551 g/mol. The van der Waals surface area contributed by atoms with Gasteiger partial charge in [-0.05, 0) is 43.4 Å². The zero-order valence-corrected chi connectivity index (χ0v) is 22.5. The Morgan fingerprint density at radius 1 is 1.13 bits per heavy atom. The first kappa shape index (κ1) is 27.9. The van der Waals surface area contributed by atoms with Crippen LogP contribution in [0, 0.1) is 11.3 Å². The number of alkyl halides is 3. The highest BCUT2D eigenvalue weighted by Gasteiger charge is 2.45. The van der Waals surface area contributed by atoms with Crippen LogP contribution in [0.3, 0.4) is 0 Å². The van der Waals surface area contributed by atoms with Crippen LogP contribution < -0.4 is 5.32 Å². The van der Waals surface area contributed by atoms with Gasteiger partial charge in [-0.15, -0.1) is 0 Å². The highest BCUT2D eigenvalue weighted by Crippen LogP contribution is 2.42. The fourth-order valence-corrected chi connectivity index (χ4v) is 6.61. The second-order valence-corrected chi connectivity index (χ2v) is 11.3. The molecule has 39 heavy (non-hydrogen) atoms. The summed E-state index contributed by atoms with van der Waals surface area (Å²) in [6.07, 6.45) is 2.89. The number of nitrogens with zero attached hydrogens (tertiary/aromatic N) is 5. The third kappa shape index (κ3) is 5.92. The van der Waals surface area contributed by atoms with Gasteiger partial charge in [-0.1, -0.05) is 19.1 Å². The maximum atomic E-state index is 14.2. The van der Waals surface area contributed by atoms with Gasteiger partial charge in [0.05, 0.1) is 18.8 Å². The van der Waals surface area contributed by atoms with Crippen LogP contribution in [0.5, 0.6) is 0 Å². The summed E-state index contributed by atoms with van der Waals surface area (Å²) in [6.45, 7) is 7.04. The smallest absolute Gasteiger partial charge is 0.379 e. The van der Waals surface area contributed by atoms with Crippen LogP contribution in [0.15, 0.2) is 35.6 Å². The molecule has 4 aliphatic rings. The van der Waals surface area contributed by atoms with Gasteiger partial charge in [0, 0.05) is 64.0 Å². The second kappa shape index (κ2) is 11.1. The van der Waals surface area contributed by atoms with E-state index in [2.05, 4.69) is 20.2 Å². The van der Waals surface area contributed by atoms with E-state index < -0.39 is 11.7 Å². The molecule has 12 heteroatoms. The molecule has 0 radical (unpaired) electrons. The van der Waals surface area contributed by atoms with Crippen molar-refractivity contribution in [2.45, 2.75) is 38.4 Å². The fourth-order valence-electron chi connectivity index (χ4n) is 6.61. The van der Waals surface area contributed by atoms with Crippen molar-refractivity contribution in [1.29, 1.82) is 0 Å². The van der Waals surface area contributed by atoms with Crippen LogP contribution in [-0.2, 0) is 4.74 Å². The van der Waals surface area contributed by atoms with Gasteiger partial charge in [0.1, 0.15) is 0 Å². The Labute approximate surface area is 226 Å². The van der Waals surface area contributed by atoms with Gasteiger partial charge >= 0.3 is 12.2 Å². The van der Waals surface area contributed by atoms with Gasteiger partial charge in [0.2, 0.25) is 0 Å². The van der Waals surface area contributed by atoms with Crippen molar-refractivity contribution >= 4 is 11.9 Å². The Morgan fingerprint density at radius 3 is 2.62 bits per heavy atom. The monoisotopic (exact) mass is 550 g/mol. The molecule has 0 aromatic carbocycles. The number of nitrogens with one attached hydrogen (secondary N) is 1. The van der Waals surface area contributed by atoms with Crippen molar-refractivity contribution in [3.63, 3.8) is 0 Å². The molecule has 5 rings (SSSR count). The first-order chi connectivity index (χ1) is 18.6. The van der Waals surface area contributed by atoms with Crippen LogP contribution in [-0.4, -0.2) is 115 Å². The Balaban J connectivity index is 1.26. The predicted octanol–water partition coefficient (Wildman–Crippen LogP) is 2.76. The summed E-state index contributed by atoms with van der Waals surface area (Å²) in [4.78, 5) is 30.8. The van der Waals surface area contributed by atoms with E-state index in [1.807, 2.05) is 13.0 Å². The summed E-state index contributed by atoms with van der Waals surface area (Å²) >= 11 is 0. The summed E-state index contributed by atoms with van der Waals surface area (Å²) < 4.78 is 49.3. The Kier molecular flexibility index (Phi) is 7.89. The number of aromatic nitrogens is 2. The molecule has 9 nitrogen and oxygen atoms in total. The van der Waals surface area contributed by atoms with Crippen LogP contribution in [0.25, 0.3) is 0 Å². The first-order valence-electron chi connectivity index (χ1n) is 13.7. The van der Waals surface area contributed by atoms with Crippen LogP contribution in [0.1, 0.15) is 36.7 Å². The number of carbonyl (C=O) groups excluding carboxylic acids is 2. The molecule has 2 amide bonds. The number of carbonyl (C=O) groups is 2. The number of hydrogen-bond donors (Lipinski definition) is 1. The van der Waals surface area contributed by atoms with Crippen LogP contribution >= 0.6 is 0 Å². The number of amides is 2. The number of piperidine rings is 1. The molecule has 0 saturated carbocycles. The van der Waals surface area contributed by atoms with E-state index in [4.69, 9.17) is 4.74 Å². The topological polar surface area (TPSA) is 82.9 Å². The standard InChI is InChI=1S/C27H37F3N6O3/c1-19-14-20(21(27(28,29)30)15-23(19)34-10-12-39-13-11-34)16-33-7-3-5-26(17-33)6-9-35(18-26)25(38)36-8-4-22(32-36)24(37)31-2/h4,8,14-15,19,23H,3,5-7,9-13,16-18H2,1-2H3,(H,31,37)/t19-,23?,26?/m1/s1. The predicted molar refractivity (Wildman–Crippen MR) is 138 cm³/mol. The quantitative estimate of drug-likeness (QED) is 0.621. The van der Waals surface area contributed by atoms with Gasteiger partial charge in [-0.3, -0.25) is 14.6 Å². The number of morpholine rings is 1. The van der Waals surface area contributed by atoms with Crippen molar-refractivity contribution in [2.75, 3.05) is 66.1 Å². The van der Waals surface area contributed by atoms with E-state index in [-0.39, 0.29) is 41.6 Å². The zero-order chi connectivity index (χ0) is 27.8. The minimum atomic E-state index is -4.42. The molecular weight excluding hydrogens is 513 g/mol. The van der Waals surface area contributed by atoms with Gasteiger partial charge < -0.3 is 15.0 Å². The molecule has 0 bridgehead atoms. The number of hydrogen-bond acceptors (Lipinski definition) is 6. The lowest BCUT2D eigenvalue weighted by Crippen LogP contribution is -2.48. The lowest BCUT2D eigenvalue weighted by Gasteiger charge is -2.42. The van der Waals surface area contributed by atoms with Crippen molar-refractivity contribution < 1.29 is 27.5 Å². The molecule has 2 unspecified atom stereocenters. The lowest BCUT2D eigenvalue weighted by atomic mass is 9.78. The van der Waals surface area contributed by atoms with Gasteiger partial charge in [-0.2, -0.15) is 23.0 Å². The zero-order valence-electron chi connectivity index (χ0n) is 22.5. The SMILES string of the molecule is CNC(=O)c1ccn(C(=O)N2CCC3(CCCN(CC4=C[C@@H](C)C(N5CCOCC5)C=C4C(F)(F)F)C3)C2)n1. The van der Waals surface area contributed by atoms with Crippen molar-refractivity contribution in [2.24, 2.45) is 11.3 Å². The summed E-state index contributed by atoms with van der Waals surface area (Å²) in [5, 5.41) is 6.59. The van der Waals surface area contributed by atoms with Crippen LogP contribution in [0.2, 0.25) is 0 Å². The molecule has 3 atom stereocenters. The highest BCUT2D eigenvalue weighted by molar-refractivity contribution is 5.92. The highest BCUT2D eigenvalue weighted by atomic mass is 19.4. The second-order valence-electron chi connectivity index (χ2n) is 11.3. The summed E-state index contributed by atoms with van der Waals surface area (Å²) in [5.41, 5.74) is -0.168. The van der Waals surface area contributed by atoms with Crippen molar-refractivity contribution in [1.82, 2.24) is 29.8 Å². The van der Waals surface area contributed by atoms with Crippen molar-refractivity contribution in [3.05, 3.63) is 41.3 Å². The minimum absolute atomic E-state index is 0.0312. The molecule has 1 N–H and O–H groups in total.